The minimum Gasteiger partial charge on any atom is -0.439 e. The predicted molar refractivity (Wildman–Crippen MR) is 52.9 cm³/mol. The molecule has 2 aromatic rings. The van der Waals surface area contributed by atoms with E-state index in [1.54, 1.807) is 0 Å². The Kier molecular flexibility index (Phi) is 2.45. The Labute approximate surface area is 85.5 Å². The van der Waals surface area contributed by atoms with E-state index in [1.165, 1.54) is 36.7 Å². The van der Waals surface area contributed by atoms with Crippen LogP contribution >= 0.6 is 0 Å². The third-order valence-corrected chi connectivity index (χ3v) is 1.70. The fourth-order valence-electron chi connectivity index (χ4n) is 1.03. The van der Waals surface area contributed by atoms with E-state index in [0.29, 0.717) is 17.4 Å². The van der Waals surface area contributed by atoms with Crippen molar-refractivity contribution in [3.63, 3.8) is 0 Å². The van der Waals surface area contributed by atoms with Gasteiger partial charge in [-0.25, -0.2) is 14.4 Å². The normalized spacial score (nSPS) is 9.93. The summed E-state index contributed by atoms with van der Waals surface area (Å²) in [5.74, 6) is 0.829. The molecule has 1 heterocycles. The van der Waals surface area contributed by atoms with Gasteiger partial charge < -0.3 is 10.5 Å². The summed E-state index contributed by atoms with van der Waals surface area (Å²) in [4.78, 5) is 7.57. The van der Waals surface area contributed by atoms with E-state index in [0.717, 1.165) is 0 Å². The first-order valence-electron chi connectivity index (χ1n) is 4.25. The van der Waals surface area contributed by atoms with Gasteiger partial charge in [-0.2, -0.15) is 0 Å². The Bertz CT molecular complexity index is 458. The van der Waals surface area contributed by atoms with Crippen LogP contribution in [0.4, 0.5) is 10.2 Å². The average Bonchev–Trinajstić information content (AvgIpc) is 2.22. The molecule has 0 aliphatic carbocycles. The van der Waals surface area contributed by atoms with Gasteiger partial charge in [0.25, 0.3) is 0 Å². The number of ether oxygens (including phenoxy) is 1. The molecule has 0 saturated heterocycles. The molecule has 1 aromatic carbocycles. The van der Waals surface area contributed by atoms with Gasteiger partial charge in [0.05, 0.1) is 0 Å². The molecule has 5 heteroatoms. The highest BCUT2D eigenvalue weighted by Crippen LogP contribution is 2.19. The first-order valence-corrected chi connectivity index (χ1v) is 4.25. The van der Waals surface area contributed by atoms with Crippen molar-refractivity contribution in [2.45, 2.75) is 0 Å². The number of nitrogen functional groups attached to an aromatic ring is 1. The van der Waals surface area contributed by atoms with Gasteiger partial charge in [-0.05, 0) is 24.3 Å². The van der Waals surface area contributed by atoms with E-state index in [2.05, 4.69) is 9.97 Å². The number of nitrogens with two attached hydrogens (primary N) is 1. The van der Waals surface area contributed by atoms with E-state index in [-0.39, 0.29) is 5.82 Å². The van der Waals surface area contributed by atoms with Gasteiger partial charge in [0, 0.05) is 6.07 Å². The highest BCUT2D eigenvalue weighted by Gasteiger charge is 1.99. The van der Waals surface area contributed by atoms with Gasteiger partial charge in [0.15, 0.2) is 0 Å². The molecule has 0 aliphatic heterocycles. The molecule has 0 bridgehead atoms. The number of halogens is 1. The van der Waals surface area contributed by atoms with Gasteiger partial charge >= 0.3 is 0 Å². The summed E-state index contributed by atoms with van der Waals surface area (Å²) in [6, 6.07) is 7.12. The summed E-state index contributed by atoms with van der Waals surface area (Å²) < 4.78 is 17.9. The number of hydrogen-bond donors (Lipinski definition) is 1. The number of nitrogens with zero attached hydrogens (tertiary/aromatic N) is 2. The highest BCUT2D eigenvalue weighted by molar-refractivity contribution is 5.34. The Hall–Kier alpha value is -2.17. The fourth-order valence-corrected chi connectivity index (χ4v) is 1.03. The van der Waals surface area contributed by atoms with Crippen LogP contribution in [0.25, 0.3) is 0 Å². The molecule has 4 nitrogen and oxygen atoms in total. The molecule has 0 amide bonds. The molecular weight excluding hydrogens is 197 g/mol. The second-order valence-electron chi connectivity index (χ2n) is 2.84. The first-order chi connectivity index (χ1) is 7.24. The third-order valence-electron chi connectivity index (χ3n) is 1.70. The van der Waals surface area contributed by atoms with Gasteiger partial charge in [-0.1, -0.05) is 0 Å². The lowest BCUT2D eigenvalue weighted by Gasteiger charge is -2.03. The lowest BCUT2D eigenvalue weighted by Crippen LogP contribution is -1.93. The maximum atomic E-state index is 12.6. The third kappa shape index (κ3) is 2.40. The molecule has 15 heavy (non-hydrogen) atoms. The molecule has 0 spiro atoms. The summed E-state index contributed by atoms with van der Waals surface area (Å²) in [5, 5.41) is 0. The zero-order valence-corrected chi connectivity index (χ0v) is 7.72. The maximum absolute atomic E-state index is 12.6. The molecule has 2 N–H and O–H groups in total. The Balaban J connectivity index is 2.18. The molecule has 0 saturated carbocycles. The van der Waals surface area contributed by atoms with E-state index >= 15 is 0 Å². The smallest absolute Gasteiger partial charge is 0.224 e. The van der Waals surface area contributed by atoms with Crippen molar-refractivity contribution in [1.82, 2.24) is 9.97 Å². The molecule has 0 radical (unpaired) electrons. The van der Waals surface area contributed by atoms with Gasteiger partial charge in [-0.15, -0.1) is 0 Å². The van der Waals surface area contributed by atoms with E-state index in [9.17, 15) is 4.39 Å². The van der Waals surface area contributed by atoms with Crippen LogP contribution in [0, 0.1) is 5.82 Å². The minimum absolute atomic E-state index is 0.315. The molecule has 76 valence electrons. The summed E-state index contributed by atoms with van der Waals surface area (Å²) in [7, 11) is 0. The Morgan fingerprint density at radius 3 is 2.53 bits per heavy atom. The zero-order valence-electron chi connectivity index (χ0n) is 7.72. The maximum Gasteiger partial charge on any atom is 0.224 e. The Morgan fingerprint density at radius 2 is 1.87 bits per heavy atom. The van der Waals surface area contributed by atoms with E-state index in [1.807, 2.05) is 0 Å². The number of benzene rings is 1. The van der Waals surface area contributed by atoms with Crippen molar-refractivity contribution >= 4 is 5.82 Å². The van der Waals surface area contributed by atoms with Crippen LogP contribution in [0.1, 0.15) is 0 Å². The van der Waals surface area contributed by atoms with Crippen molar-refractivity contribution in [3.8, 4) is 11.6 Å². The van der Waals surface area contributed by atoms with Crippen LogP contribution in [0.5, 0.6) is 11.6 Å². The quantitative estimate of drug-likeness (QED) is 0.814. The van der Waals surface area contributed by atoms with Crippen LogP contribution in [-0.4, -0.2) is 9.97 Å². The molecular formula is C10H8FN3O. The van der Waals surface area contributed by atoms with Crippen molar-refractivity contribution in [1.29, 1.82) is 0 Å². The topological polar surface area (TPSA) is 61.0 Å². The molecule has 2 rings (SSSR count). The highest BCUT2D eigenvalue weighted by atomic mass is 19.1. The molecule has 1 aromatic heterocycles. The Morgan fingerprint density at radius 1 is 1.13 bits per heavy atom. The number of aromatic nitrogens is 2. The summed E-state index contributed by atoms with van der Waals surface area (Å²) in [6.07, 6.45) is 1.30. The van der Waals surface area contributed by atoms with Crippen LogP contribution in [0.2, 0.25) is 0 Å². The van der Waals surface area contributed by atoms with Crippen LogP contribution in [-0.2, 0) is 0 Å². The lowest BCUT2D eigenvalue weighted by atomic mass is 10.3. The van der Waals surface area contributed by atoms with E-state index in [4.69, 9.17) is 10.5 Å². The monoisotopic (exact) mass is 205 g/mol. The summed E-state index contributed by atoms with van der Waals surface area (Å²) in [6.45, 7) is 0. The van der Waals surface area contributed by atoms with Crippen LogP contribution in [0.15, 0.2) is 36.7 Å². The lowest BCUT2D eigenvalue weighted by molar-refractivity contribution is 0.460. The minimum atomic E-state index is -0.315. The van der Waals surface area contributed by atoms with Crippen molar-refractivity contribution in [3.05, 3.63) is 42.5 Å². The van der Waals surface area contributed by atoms with Crippen LogP contribution in [0.3, 0.4) is 0 Å². The standard InChI is InChI=1S/C10H8FN3O/c11-7-1-3-8(4-2-7)15-10-5-9(12)13-6-14-10/h1-6H,(H2,12,13,14). The largest absolute Gasteiger partial charge is 0.439 e. The van der Waals surface area contributed by atoms with Gasteiger partial charge in [0.2, 0.25) is 5.88 Å². The first kappa shape index (κ1) is 9.39. The summed E-state index contributed by atoms with van der Waals surface area (Å²) in [5.41, 5.74) is 5.45. The zero-order chi connectivity index (χ0) is 10.7. The number of anilines is 1. The fraction of sp³-hybridized carbons (Fsp3) is 0. The number of hydrogen-bond acceptors (Lipinski definition) is 4. The SMILES string of the molecule is Nc1cc(Oc2ccc(F)cc2)ncn1. The second-order valence-corrected chi connectivity index (χ2v) is 2.84. The number of rotatable bonds is 2. The van der Waals surface area contributed by atoms with Gasteiger partial charge in [0.1, 0.15) is 23.7 Å². The van der Waals surface area contributed by atoms with Crippen molar-refractivity contribution < 1.29 is 9.13 Å². The average molecular weight is 205 g/mol. The molecule has 0 aliphatic rings. The second kappa shape index (κ2) is 3.91. The molecule has 0 atom stereocenters. The van der Waals surface area contributed by atoms with Crippen molar-refractivity contribution in [2.24, 2.45) is 0 Å². The van der Waals surface area contributed by atoms with Crippen LogP contribution < -0.4 is 10.5 Å². The predicted octanol–water partition coefficient (Wildman–Crippen LogP) is 1.99. The molecule has 0 unspecified atom stereocenters. The van der Waals surface area contributed by atoms with Gasteiger partial charge in [-0.3, -0.25) is 0 Å². The molecule has 0 fully saturated rings. The van der Waals surface area contributed by atoms with E-state index < -0.39 is 0 Å². The summed E-state index contributed by atoms with van der Waals surface area (Å²) >= 11 is 0. The van der Waals surface area contributed by atoms with Crippen molar-refractivity contribution in [2.75, 3.05) is 5.73 Å².